The van der Waals surface area contributed by atoms with E-state index in [1.165, 1.54) is 17.3 Å². The van der Waals surface area contributed by atoms with E-state index in [1.807, 2.05) is 55.5 Å². The van der Waals surface area contributed by atoms with Crippen LogP contribution in [0.15, 0.2) is 66.3 Å². The van der Waals surface area contributed by atoms with Crippen LogP contribution in [0.5, 0.6) is 11.5 Å². The van der Waals surface area contributed by atoms with E-state index in [9.17, 15) is 0 Å². The summed E-state index contributed by atoms with van der Waals surface area (Å²) in [5.74, 6) is 1.41. The molecule has 2 aromatic carbocycles. The van der Waals surface area contributed by atoms with Crippen LogP contribution in [0.2, 0.25) is 0 Å². The van der Waals surface area contributed by atoms with Gasteiger partial charge < -0.3 is 9.47 Å². The Morgan fingerprint density at radius 3 is 2.54 bits per heavy atom. The van der Waals surface area contributed by atoms with Crippen molar-refractivity contribution in [1.82, 2.24) is 14.9 Å². The Labute approximate surface area is 140 Å². The van der Waals surface area contributed by atoms with Crippen molar-refractivity contribution in [1.29, 1.82) is 0 Å². The number of rotatable bonds is 7. The fourth-order valence-electron chi connectivity index (χ4n) is 2.12. The van der Waals surface area contributed by atoms with Gasteiger partial charge >= 0.3 is 0 Å². The third-order valence-electron chi connectivity index (χ3n) is 3.25. The molecule has 0 aliphatic carbocycles. The number of hydrogen-bond donors (Lipinski definition) is 0. The van der Waals surface area contributed by atoms with E-state index in [0.717, 1.165) is 11.1 Å². The van der Waals surface area contributed by atoms with Gasteiger partial charge in [-0.05, 0) is 36.2 Å². The molecule has 122 valence electrons. The minimum Gasteiger partial charge on any atom is -0.490 e. The number of hydrogen-bond acceptors (Lipinski definition) is 5. The van der Waals surface area contributed by atoms with Crippen molar-refractivity contribution in [2.75, 3.05) is 6.61 Å². The lowest BCUT2D eigenvalue weighted by Gasteiger charge is -2.12. The van der Waals surface area contributed by atoms with E-state index < -0.39 is 0 Å². The number of benzene rings is 2. The molecule has 0 aliphatic rings. The third kappa shape index (κ3) is 4.19. The van der Waals surface area contributed by atoms with Crippen molar-refractivity contribution in [3.63, 3.8) is 0 Å². The predicted molar refractivity (Wildman–Crippen MR) is 91.4 cm³/mol. The average molecular weight is 322 g/mol. The normalized spacial score (nSPS) is 10.9. The van der Waals surface area contributed by atoms with Crippen LogP contribution >= 0.6 is 0 Å². The van der Waals surface area contributed by atoms with Crippen molar-refractivity contribution in [2.24, 2.45) is 5.10 Å². The Morgan fingerprint density at radius 1 is 1.00 bits per heavy atom. The summed E-state index contributed by atoms with van der Waals surface area (Å²) >= 11 is 0. The van der Waals surface area contributed by atoms with Gasteiger partial charge in [0.1, 0.15) is 19.3 Å². The van der Waals surface area contributed by atoms with Gasteiger partial charge in [-0.15, -0.1) is 10.2 Å². The molecule has 0 amide bonds. The van der Waals surface area contributed by atoms with Gasteiger partial charge in [0.2, 0.25) is 0 Å². The minimum absolute atomic E-state index is 0.495. The van der Waals surface area contributed by atoms with Crippen LogP contribution in [-0.2, 0) is 6.61 Å². The summed E-state index contributed by atoms with van der Waals surface area (Å²) in [5, 5.41) is 11.6. The number of ether oxygens (including phenoxy) is 2. The molecule has 1 aromatic heterocycles. The predicted octanol–water partition coefficient (Wildman–Crippen LogP) is 3.14. The molecule has 0 unspecified atom stereocenters. The Kier molecular flexibility index (Phi) is 5.19. The average Bonchev–Trinajstić information content (AvgIpc) is 3.14. The van der Waals surface area contributed by atoms with Crippen LogP contribution in [-0.4, -0.2) is 27.7 Å². The zero-order valence-corrected chi connectivity index (χ0v) is 13.4. The number of aromatic nitrogens is 3. The molecule has 0 spiro atoms. The quantitative estimate of drug-likeness (QED) is 0.627. The molecule has 6 nitrogen and oxygen atoms in total. The van der Waals surface area contributed by atoms with E-state index in [2.05, 4.69) is 15.3 Å². The Bertz CT molecular complexity index is 786. The first-order valence-corrected chi connectivity index (χ1v) is 7.67. The maximum absolute atomic E-state index is 5.89. The summed E-state index contributed by atoms with van der Waals surface area (Å²) in [5.41, 5.74) is 2.01. The molecule has 0 aliphatic heterocycles. The van der Waals surface area contributed by atoms with E-state index in [-0.39, 0.29) is 0 Å². The molecular weight excluding hydrogens is 304 g/mol. The lowest BCUT2D eigenvalue weighted by atomic mass is 10.2. The fraction of sp³-hybridized carbons (Fsp3) is 0.167. The molecule has 0 radical (unpaired) electrons. The third-order valence-corrected chi connectivity index (χ3v) is 3.25. The van der Waals surface area contributed by atoms with Crippen LogP contribution in [0.1, 0.15) is 18.1 Å². The summed E-state index contributed by atoms with van der Waals surface area (Å²) in [7, 11) is 0. The first-order valence-electron chi connectivity index (χ1n) is 7.67. The molecule has 0 atom stereocenters. The topological polar surface area (TPSA) is 61.5 Å². The summed E-state index contributed by atoms with van der Waals surface area (Å²) in [4.78, 5) is 0. The molecule has 3 rings (SSSR count). The summed E-state index contributed by atoms with van der Waals surface area (Å²) < 4.78 is 13.1. The second-order valence-corrected chi connectivity index (χ2v) is 5.00. The van der Waals surface area contributed by atoms with Crippen molar-refractivity contribution in [3.05, 3.63) is 72.3 Å². The largest absolute Gasteiger partial charge is 0.490 e. The monoisotopic (exact) mass is 322 g/mol. The minimum atomic E-state index is 0.495. The lowest BCUT2D eigenvalue weighted by Crippen LogP contribution is -2.00. The highest BCUT2D eigenvalue weighted by atomic mass is 16.5. The summed E-state index contributed by atoms with van der Waals surface area (Å²) in [6.07, 6.45) is 4.77. The van der Waals surface area contributed by atoms with Gasteiger partial charge in [-0.25, -0.2) is 4.68 Å². The standard InChI is InChI=1S/C18H18N4O2/c1-2-23-18-10-16(11-21-22-13-19-20-14-22)8-9-17(18)24-12-15-6-4-3-5-7-15/h3-11,13-14H,2,12H2,1H3/b21-11-. The van der Waals surface area contributed by atoms with Crippen LogP contribution in [0.4, 0.5) is 0 Å². The maximum Gasteiger partial charge on any atom is 0.161 e. The van der Waals surface area contributed by atoms with Crippen LogP contribution in [0.25, 0.3) is 0 Å². The van der Waals surface area contributed by atoms with Crippen LogP contribution in [0.3, 0.4) is 0 Å². The van der Waals surface area contributed by atoms with Crippen molar-refractivity contribution in [2.45, 2.75) is 13.5 Å². The molecule has 0 bridgehead atoms. The first kappa shape index (κ1) is 15.7. The Balaban J connectivity index is 1.74. The van der Waals surface area contributed by atoms with Gasteiger partial charge in [0.15, 0.2) is 11.5 Å². The van der Waals surface area contributed by atoms with E-state index in [0.29, 0.717) is 24.7 Å². The zero-order valence-electron chi connectivity index (χ0n) is 13.4. The van der Waals surface area contributed by atoms with Gasteiger partial charge in [-0.1, -0.05) is 30.3 Å². The second-order valence-electron chi connectivity index (χ2n) is 5.00. The molecule has 6 heteroatoms. The van der Waals surface area contributed by atoms with E-state index in [4.69, 9.17) is 9.47 Å². The van der Waals surface area contributed by atoms with E-state index in [1.54, 1.807) is 6.21 Å². The maximum atomic E-state index is 5.89. The fourth-order valence-corrected chi connectivity index (χ4v) is 2.12. The van der Waals surface area contributed by atoms with Crippen molar-refractivity contribution in [3.8, 4) is 11.5 Å². The Hall–Kier alpha value is -3.15. The van der Waals surface area contributed by atoms with Gasteiger partial charge in [0.25, 0.3) is 0 Å². The van der Waals surface area contributed by atoms with Crippen molar-refractivity contribution >= 4 is 6.21 Å². The highest BCUT2D eigenvalue weighted by Crippen LogP contribution is 2.28. The highest BCUT2D eigenvalue weighted by Gasteiger charge is 2.06. The number of nitrogens with zero attached hydrogens (tertiary/aromatic N) is 4. The molecule has 0 saturated heterocycles. The van der Waals surface area contributed by atoms with Gasteiger partial charge in [-0.3, -0.25) is 0 Å². The molecule has 24 heavy (non-hydrogen) atoms. The molecule has 1 heterocycles. The molecule has 3 aromatic rings. The van der Waals surface area contributed by atoms with Gasteiger partial charge in [0, 0.05) is 0 Å². The highest BCUT2D eigenvalue weighted by molar-refractivity contribution is 5.80. The van der Waals surface area contributed by atoms with Crippen molar-refractivity contribution < 1.29 is 9.47 Å². The SMILES string of the molecule is CCOc1cc(/C=N\n2cnnc2)ccc1OCc1ccccc1. The molecular formula is C18H18N4O2. The van der Waals surface area contributed by atoms with Crippen LogP contribution < -0.4 is 9.47 Å². The van der Waals surface area contributed by atoms with E-state index >= 15 is 0 Å². The Morgan fingerprint density at radius 2 is 1.79 bits per heavy atom. The van der Waals surface area contributed by atoms with Crippen LogP contribution in [0, 0.1) is 0 Å². The molecule has 0 saturated carbocycles. The second kappa shape index (κ2) is 7.92. The summed E-state index contributed by atoms with van der Waals surface area (Å²) in [6.45, 7) is 3.00. The summed E-state index contributed by atoms with van der Waals surface area (Å²) in [6, 6.07) is 15.7. The van der Waals surface area contributed by atoms with Gasteiger partial charge in [0.05, 0.1) is 12.8 Å². The van der Waals surface area contributed by atoms with Gasteiger partial charge in [-0.2, -0.15) is 5.10 Å². The molecule has 0 fully saturated rings. The first-order chi connectivity index (χ1) is 11.8. The smallest absolute Gasteiger partial charge is 0.161 e. The lowest BCUT2D eigenvalue weighted by molar-refractivity contribution is 0.269. The zero-order chi connectivity index (χ0) is 16.6. The molecule has 0 N–H and O–H groups in total.